The van der Waals surface area contributed by atoms with E-state index in [-0.39, 0.29) is 12.2 Å². The molecule has 0 rings (SSSR count). The lowest BCUT2D eigenvalue weighted by atomic mass is 10.1. The highest BCUT2D eigenvalue weighted by Gasteiger charge is 2.29. The Morgan fingerprint density at radius 3 is 2.32 bits per heavy atom. The average Bonchev–Trinajstić information content (AvgIpc) is 2.23. The topological polar surface area (TPSA) is 83.5 Å². The van der Waals surface area contributed by atoms with Crippen molar-refractivity contribution in [1.29, 1.82) is 0 Å². The average molecular weight is 305 g/mol. The number of carboxylic acid groups (broad SMARTS) is 1. The maximum atomic E-state index is 11.9. The monoisotopic (exact) mass is 305 g/mol. The second-order valence-electron chi connectivity index (χ2n) is 4.19. The van der Waals surface area contributed by atoms with Crippen LogP contribution in [0.4, 0.5) is 13.2 Å². The summed E-state index contributed by atoms with van der Waals surface area (Å²) in [5, 5.41) is 8.78. The van der Waals surface area contributed by atoms with Gasteiger partial charge in [-0.15, -0.1) is 0 Å². The molecule has 0 radical (unpaired) electrons. The highest BCUT2D eigenvalue weighted by molar-refractivity contribution is 7.89. The van der Waals surface area contributed by atoms with E-state index in [0.29, 0.717) is 12.8 Å². The lowest BCUT2D eigenvalue weighted by molar-refractivity contribution is -0.142. The van der Waals surface area contributed by atoms with E-state index in [9.17, 15) is 26.4 Å². The SMILES string of the molecule is CCCCS(=O)(=O)NC(CCCC(F)(F)F)C(=O)O. The number of hydrogen-bond donors (Lipinski definition) is 2. The smallest absolute Gasteiger partial charge is 0.389 e. The zero-order chi connectivity index (χ0) is 15.1. The number of nitrogens with one attached hydrogen (secondary N) is 1. The van der Waals surface area contributed by atoms with Gasteiger partial charge in [-0.2, -0.15) is 13.2 Å². The minimum Gasteiger partial charge on any atom is -0.480 e. The van der Waals surface area contributed by atoms with Crippen molar-refractivity contribution in [3.8, 4) is 0 Å². The van der Waals surface area contributed by atoms with Crippen LogP contribution in [-0.4, -0.2) is 37.5 Å². The first-order valence-electron chi connectivity index (χ1n) is 5.87. The van der Waals surface area contributed by atoms with Crippen LogP contribution in [0.25, 0.3) is 0 Å². The largest absolute Gasteiger partial charge is 0.480 e. The van der Waals surface area contributed by atoms with Gasteiger partial charge < -0.3 is 5.11 Å². The van der Waals surface area contributed by atoms with Crippen LogP contribution in [0.15, 0.2) is 0 Å². The normalized spacial score (nSPS) is 14.3. The Morgan fingerprint density at radius 1 is 1.32 bits per heavy atom. The number of rotatable bonds is 9. The number of carboxylic acids is 1. The van der Waals surface area contributed by atoms with E-state index >= 15 is 0 Å². The molecule has 19 heavy (non-hydrogen) atoms. The van der Waals surface area contributed by atoms with Gasteiger partial charge in [-0.1, -0.05) is 13.3 Å². The second kappa shape index (κ2) is 7.68. The van der Waals surface area contributed by atoms with Gasteiger partial charge in [-0.3, -0.25) is 4.79 Å². The Kier molecular flexibility index (Phi) is 7.35. The van der Waals surface area contributed by atoms with Crippen LogP contribution in [-0.2, 0) is 14.8 Å². The Bertz CT molecular complexity index is 381. The molecule has 2 N–H and O–H groups in total. The van der Waals surface area contributed by atoms with E-state index < -0.39 is 41.1 Å². The van der Waals surface area contributed by atoms with Crippen LogP contribution in [0, 0.1) is 0 Å². The van der Waals surface area contributed by atoms with Gasteiger partial charge >= 0.3 is 12.1 Å². The number of alkyl halides is 3. The van der Waals surface area contributed by atoms with Crippen molar-refractivity contribution in [3.05, 3.63) is 0 Å². The molecule has 5 nitrogen and oxygen atoms in total. The van der Waals surface area contributed by atoms with Crippen LogP contribution >= 0.6 is 0 Å². The third-order valence-corrected chi connectivity index (χ3v) is 3.81. The molecule has 0 fully saturated rings. The van der Waals surface area contributed by atoms with Gasteiger partial charge in [0.15, 0.2) is 0 Å². The number of unbranched alkanes of at least 4 members (excludes halogenated alkanes) is 1. The van der Waals surface area contributed by atoms with Crippen LogP contribution in [0.3, 0.4) is 0 Å². The summed E-state index contributed by atoms with van der Waals surface area (Å²) in [5.41, 5.74) is 0. The quantitative estimate of drug-likeness (QED) is 0.681. The molecule has 0 saturated heterocycles. The predicted molar refractivity (Wildman–Crippen MR) is 63.2 cm³/mol. The van der Waals surface area contributed by atoms with E-state index in [1.807, 2.05) is 4.72 Å². The molecule has 0 saturated carbocycles. The van der Waals surface area contributed by atoms with Gasteiger partial charge in [0.2, 0.25) is 10.0 Å². The fourth-order valence-corrected chi connectivity index (χ4v) is 2.79. The molecule has 0 aliphatic heterocycles. The third kappa shape index (κ3) is 9.71. The van der Waals surface area contributed by atoms with Gasteiger partial charge in [0, 0.05) is 6.42 Å². The molecule has 0 heterocycles. The highest BCUT2D eigenvalue weighted by Crippen LogP contribution is 2.22. The lowest BCUT2D eigenvalue weighted by Crippen LogP contribution is -2.41. The Labute approximate surface area is 110 Å². The molecule has 0 amide bonds. The molecule has 0 aromatic rings. The van der Waals surface area contributed by atoms with Crippen molar-refractivity contribution in [2.24, 2.45) is 0 Å². The molecule has 0 aromatic heterocycles. The van der Waals surface area contributed by atoms with Gasteiger partial charge in [-0.05, 0) is 19.3 Å². The van der Waals surface area contributed by atoms with Crippen molar-refractivity contribution in [2.75, 3.05) is 5.75 Å². The molecule has 1 atom stereocenters. The maximum Gasteiger partial charge on any atom is 0.389 e. The number of aliphatic carboxylic acids is 1. The highest BCUT2D eigenvalue weighted by atomic mass is 32.2. The minimum atomic E-state index is -4.37. The second-order valence-corrected chi connectivity index (χ2v) is 6.06. The molecule has 0 aliphatic carbocycles. The Morgan fingerprint density at radius 2 is 1.89 bits per heavy atom. The van der Waals surface area contributed by atoms with E-state index in [1.165, 1.54) is 0 Å². The van der Waals surface area contributed by atoms with Crippen molar-refractivity contribution < 1.29 is 31.5 Å². The summed E-state index contributed by atoms with van der Waals surface area (Å²) in [6.07, 6.45) is -5.34. The summed E-state index contributed by atoms with van der Waals surface area (Å²) in [7, 11) is -3.77. The zero-order valence-corrected chi connectivity index (χ0v) is 11.4. The molecule has 1 unspecified atom stereocenters. The van der Waals surface area contributed by atoms with E-state index in [4.69, 9.17) is 5.11 Å². The van der Waals surface area contributed by atoms with Crippen LogP contribution < -0.4 is 4.72 Å². The molecule has 0 bridgehead atoms. The van der Waals surface area contributed by atoms with Gasteiger partial charge in [0.05, 0.1) is 5.75 Å². The number of hydrogen-bond acceptors (Lipinski definition) is 3. The fourth-order valence-electron chi connectivity index (χ4n) is 1.35. The van der Waals surface area contributed by atoms with Gasteiger partial charge in [0.25, 0.3) is 0 Å². The van der Waals surface area contributed by atoms with E-state index in [1.54, 1.807) is 6.92 Å². The fraction of sp³-hybridized carbons (Fsp3) is 0.900. The molecular weight excluding hydrogens is 287 g/mol. The predicted octanol–water partition coefficient (Wildman–Crippen LogP) is 1.89. The van der Waals surface area contributed by atoms with Gasteiger partial charge in [0.1, 0.15) is 6.04 Å². The molecule has 0 aromatic carbocycles. The molecule has 114 valence electrons. The maximum absolute atomic E-state index is 11.9. The Hall–Kier alpha value is -0.830. The molecule has 0 aliphatic rings. The third-order valence-electron chi connectivity index (χ3n) is 2.34. The van der Waals surface area contributed by atoms with Crippen LogP contribution in [0.2, 0.25) is 0 Å². The van der Waals surface area contributed by atoms with Crippen LogP contribution in [0.5, 0.6) is 0 Å². The number of halogens is 3. The molecule has 0 spiro atoms. The first-order valence-corrected chi connectivity index (χ1v) is 7.52. The Balaban J connectivity index is 4.38. The summed E-state index contributed by atoms with van der Waals surface area (Å²) in [5.74, 6) is -1.70. The van der Waals surface area contributed by atoms with Crippen molar-refractivity contribution >= 4 is 16.0 Å². The summed E-state index contributed by atoms with van der Waals surface area (Å²) >= 11 is 0. The summed E-state index contributed by atoms with van der Waals surface area (Å²) in [4.78, 5) is 10.8. The van der Waals surface area contributed by atoms with Gasteiger partial charge in [-0.25, -0.2) is 13.1 Å². The standard InChI is InChI=1S/C10H18F3NO4S/c1-2-3-7-19(17,18)14-8(9(15)16)5-4-6-10(11,12)13/h8,14H,2-7H2,1H3,(H,15,16). The first kappa shape index (κ1) is 18.2. The minimum absolute atomic E-state index is 0.230. The zero-order valence-electron chi connectivity index (χ0n) is 10.5. The summed E-state index contributed by atoms with van der Waals surface area (Å²) in [6, 6.07) is -1.51. The summed E-state index contributed by atoms with van der Waals surface area (Å²) < 4.78 is 60.6. The van der Waals surface area contributed by atoms with Crippen molar-refractivity contribution in [3.63, 3.8) is 0 Å². The molecular formula is C10H18F3NO4S. The first-order chi connectivity index (χ1) is 8.57. The number of sulfonamides is 1. The van der Waals surface area contributed by atoms with Crippen molar-refractivity contribution in [1.82, 2.24) is 4.72 Å². The van der Waals surface area contributed by atoms with Crippen LogP contribution in [0.1, 0.15) is 39.0 Å². The van der Waals surface area contributed by atoms with E-state index in [0.717, 1.165) is 0 Å². The molecule has 9 heteroatoms. The van der Waals surface area contributed by atoms with Crippen molar-refractivity contribution in [2.45, 2.75) is 51.2 Å². The number of carbonyl (C=O) groups is 1. The summed E-state index contributed by atoms with van der Waals surface area (Å²) in [6.45, 7) is 1.77. The lowest BCUT2D eigenvalue weighted by Gasteiger charge is -2.15. The van der Waals surface area contributed by atoms with E-state index in [2.05, 4.69) is 0 Å².